The van der Waals surface area contributed by atoms with Crippen molar-refractivity contribution in [1.82, 2.24) is 0 Å². The molecule has 21 heavy (non-hydrogen) atoms. The molecule has 6 heteroatoms. The normalized spacial score (nSPS) is 10.3. The number of aliphatic carboxylic acids is 1. The SMILES string of the molecule is Cc1cc([N+](=O)[O-])ccc1Sc1ccc(CC(=O)O)cc1. The van der Waals surface area contributed by atoms with E-state index >= 15 is 0 Å². The summed E-state index contributed by atoms with van der Waals surface area (Å²) in [4.78, 5) is 22.8. The van der Waals surface area contributed by atoms with Crippen LogP contribution in [0.15, 0.2) is 52.3 Å². The van der Waals surface area contributed by atoms with Gasteiger partial charge in [-0.25, -0.2) is 0 Å². The molecule has 0 aliphatic heterocycles. The van der Waals surface area contributed by atoms with Gasteiger partial charge >= 0.3 is 5.97 Å². The third-order valence-corrected chi connectivity index (χ3v) is 4.06. The van der Waals surface area contributed by atoms with Crippen LogP contribution in [0.4, 0.5) is 5.69 Å². The van der Waals surface area contributed by atoms with Crippen LogP contribution < -0.4 is 0 Å². The molecule has 0 bridgehead atoms. The molecule has 0 aromatic heterocycles. The van der Waals surface area contributed by atoms with Crippen LogP contribution in [0.2, 0.25) is 0 Å². The Morgan fingerprint density at radius 3 is 2.43 bits per heavy atom. The molecule has 0 atom stereocenters. The molecule has 1 N–H and O–H groups in total. The van der Waals surface area contributed by atoms with Crippen molar-refractivity contribution < 1.29 is 14.8 Å². The Morgan fingerprint density at radius 2 is 1.90 bits per heavy atom. The first-order chi connectivity index (χ1) is 9.95. The minimum absolute atomic E-state index is 0.00149. The highest BCUT2D eigenvalue weighted by atomic mass is 32.2. The Hall–Kier alpha value is -2.34. The second-order valence-corrected chi connectivity index (χ2v) is 5.64. The maximum Gasteiger partial charge on any atom is 0.307 e. The van der Waals surface area contributed by atoms with E-state index in [-0.39, 0.29) is 12.1 Å². The van der Waals surface area contributed by atoms with Crippen LogP contribution in [-0.2, 0) is 11.2 Å². The molecule has 0 amide bonds. The number of carboxylic acids is 1. The average molecular weight is 303 g/mol. The monoisotopic (exact) mass is 303 g/mol. The number of nitro benzene ring substituents is 1. The Kier molecular flexibility index (Phi) is 4.59. The van der Waals surface area contributed by atoms with Crippen LogP contribution in [0.1, 0.15) is 11.1 Å². The summed E-state index contributed by atoms with van der Waals surface area (Å²) in [6.45, 7) is 1.83. The van der Waals surface area contributed by atoms with Crippen molar-refractivity contribution >= 4 is 23.4 Å². The number of rotatable bonds is 5. The van der Waals surface area contributed by atoms with Crippen molar-refractivity contribution in [1.29, 1.82) is 0 Å². The first kappa shape index (κ1) is 15.1. The molecular formula is C15H13NO4S. The van der Waals surface area contributed by atoms with E-state index in [0.717, 1.165) is 20.9 Å². The van der Waals surface area contributed by atoms with Gasteiger partial charge < -0.3 is 5.11 Å². The van der Waals surface area contributed by atoms with E-state index in [1.807, 2.05) is 19.1 Å². The summed E-state index contributed by atoms with van der Waals surface area (Å²) in [5.74, 6) is -0.860. The summed E-state index contributed by atoms with van der Waals surface area (Å²) < 4.78 is 0. The number of nitro groups is 1. The topological polar surface area (TPSA) is 80.4 Å². The van der Waals surface area contributed by atoms with Crippen LogP contribution in [0, 0.1) is 17.0 Å². The Balaban J connectivity index is 2.14. The van der Waals surface area contributed by atoms with Crippen LogP contribution in [0.25, 0.3) is 0 Å². The summed E-state index contributed by atoms with van der Waals surface area (Å²) in [6.07, 6.45) is 0.00149. The van der Waals surface area contributed by atoms with Gasteiger partial charge in [-0.2, -0.15) is 0 Å². The van der Waals surface area contributed by atoms with E-state index in [9.17, 15) is 14.9 Å². The molecule has 2 rings (SSSR count). The first-order valence-electron chi connectivity index (χ1n) is 6.19. The van der Waals surface area contributed by atoms with E-state index in [0.29, 0.717) is 0 Å². The standard InChI is InChI=1S/C15H13NO4S/c1-10-8-12(16(19)20)4-7-14(10)21-13-5-2-11(3-6-13)9-15(17)18/h2-8H,9H2,1H3,(H,17,18). The molecule has 0 heterocycles. The largest absolute Gasteiger partial charge is 0.481 e. The second-order valence-electron chi connectivity index (χ2n) is 4.52. The molecule has 0 unspecified atom stereocenters. The van der Waals surface area contributed by atoms with E-state index < -0.39 is 10.9 Å². The summed E-state index contributed by atoms with van der Waals surface area (Å²) in [5.41, 5.74) is 1.66. The van der Waals surface area contributed by atoms with E-state index in [4.69, 9.17) is 5.11 Å². The predicted octanol–water partition coefficient (Wildman–Crippen LogP) is 3.68. The van der Waals surface area contributed by atoms with Crippen molar-refractivity contribution in [2.45, 2.75) is 23.1 Å². The van der Waals surface area contributed by atoms with E-state index in [1.54, 1.807) is 24.3 Å². The fourth-order valence-corrected chi connectivity index (χ4v) is 2.72. The number of carbonyl (C=O) groups is 1. The van der Waals surface area contributed by atoms with Gasteiger partial charge in [0.25, 0.3) is 5.69 Å². The fourth-order valence-electron chi connectivity index (χ4n) is 1.84. The van der Waals surface area contributed by atoms with Gasteiger partial charge in [0.05, 0.1) is 11.3 Å². The predicted molar refractivity (Wildman–Crippen MR) is 79.7 cm³/mol. The highest BCUT2D eigenvalue weighted by Crippen LogP contribution is 2.32. The minimum Gasteiger partial charge on any atom is -0.481 e. The molecule has 0 spiro atoms. The maximum atomic E-state index is 10.7. The Labute approximate surface area is 125 Å². The van der Waals surface area contributed by atoms with Gasteiger partial charge in [-0.15, -0.1) is 0 Å². The molecule has 0 saturated carbocycles. The van der Waals surface area contributed by atoms with Gasteiger partial charge in [-0.05, 0) is 36.2 Å². The Morgan fingerprint density at radius 1 is 1.24 bits per heavy atom. The van der Waals surface area contributed by atoms with Gasteiger partial charge in [0, 0.05) is 21.9 Å². The van der Waals surface area contributed by atoms with Crippen molar-refractivity contribution in [3.05, 3.63) is 63.7 Å². The number of aryl methyl sites for hydroxylation is 1. The lowest BCUT2D eigenvalue weighted by molar-refractivity contribution is -0.385. The summed E-state index contributed by atoms with van der Waals surface area (Å²) in [6, 6.07) is 12.0. The smallest absolute Gasteiger partial charge is 0.307 e. The van der Waals surface area contributed by atoms with Gasteiger partial charge in [-0.3, -0.25) is 14.9 Å². The van der Waals surface area contributed by atoms with Crippen molar-refractivity contribution in [2.24, 2.45) is 0 Å². The third kappa shape index (κ3) is 4.06. The lowest BCUT2D eigenvalue weighted by Crippen LogP contribution is -1.99. The molecule has 0 radical (unpaired) electrons. The zero-order chi connectivity index (χ0) is 15.4. The zero-order valence-electron chi connectivity index (χ0n) is 11.3. The third-order valence-electron chi connectivity index (χ3n) is 2.88. The summed E-state index contributed by atoms with van der Waals surface area (Å²) in [7, 11) is 0. The zero-order valence-corrected chi connectivity index (χ0v) is 12.1. The lowest BCUT2D eigenvalue weighted by atomic mass is 10.2. The maximum absolute atomic E-state index is 10.7. The molecule has 2 aromatic rings. The molecule has 108 valence electrons. The molecule has 0 saturated heterocycles. The van der Waals surface area contributed by atoms with Crippen molar-refractivity contribution in [3.63, 3.8) is 0 Å². The van der Waals surface area contributed by atoms with Gasteiger partial charge in [0.2, 0.25) is 0 Å². The molecular weight excluding hydrogens is 290 g/mol. The van der Waals surface area contributed by atoms with Gasteiger partial charge in [0.1, 0.15) is 0 Å². The highest BCUT2D eigenvalue weighted by molar-refractivity contribution is 7.99. The quantitative estimate of drug-likeness (QED) is 0.673. The molecule has 0 aliphatic rings. The molecule has 0 fully saturated rings. The van der Waals surface area contributed by atoms with Crippen LogP contribution in [-0.4, -0.2) is 16.0 Å². The molecule has 5 nitrogen and oxygen atoms in total. The summed E-state index contributed by atoms with van der Waals surface area (Å²) >= 11 is 1.49. The second kappa shape index (κ2) is 6.41. The van der Waals surface area contributed by atoms with Crippen LogP contribution >= 0.6 is 11.8 Å². The molecule has 0 aliphatic carbocycles. The Bertz CT molecular complexity index is 683. The van der Waals surface area contributed by atoms with Gasteiger partial charge in [0.15, 0.2) is 0 Å². The average Bonchev–Trinajstić information content (AvgIpc) is 2.42. The van der Waals surface area contributed by atoms with Crippen LogP contribution in [0.3, 0.4) is 0 Å². The minimum atomic E-state index is -0.860. The van der Waals surface area contributed by atoms with E-state index in [2.05, 4.69) is 0 Å². The lowest BCUT2D eigenvalue weighted by Gasteiger charge is -2.06. The number of benzene rings is 2. The number of hydrogen-bond donors (Lipinski definition) is 1. The summed E-state index contributed by atoms with van der Waals surface area (Å²) in [5, 5.41) is 19.4. The molecule has 2 aromatic carbocycles. The number of nitrogens with zero attached hydrogens (tertiary/aromatic N) is 1. The number of non-ortho nitro benzene ring substituents is 1. The number of hydrogen-bond acceptors (Lipinski definition) is 4. The fraction of sp³-hybridized carbons (Fsp3) is 0.133. The van der Waals surface area contributed by atoms with Crippen molar-refractivity contribution in [2.75, 3.05) is 0 Å². The van der Waals surface area contributed by atoms with Crippen molar-refractivity contribution in [3.8, 4) is 0 Å². The number of carboxylic acid groups (broad SMARTS) is 1. The van der Waals surface area contributed by atoms with Crippen LogP contribution in [0.5, 0.6) is 0 Å². The van der Waals surface area contributed by atoms with Gasteiger partial charge in [-0.1, -0.05) is 23.9 Å². The first-order valence-corrected chi connectivity index (χ1v) is 7.01. The highest BCUT2D eigenvalue weighted by Gasteiger charge is 2.09. The van der Waals surface area contributed by atoms with E-state index in [1.165, 1.54) is 17.8 Å².